The normalized spacial score (nSPS) is 10.9. The predicted octanol–water partition coefficient (Wildman–Crippen LogP) is 1.80. The van der Waals surface area contributed by atoms with Crippen molar-refractivity contribution in [2.24, 2.45) is 0 Å². The summed E-state index contributed by atoms with van der Waals surface area (Å²) in [6, 6.07) is 15.8. The van der Waals surface area contributed by atoms with Crippen LogP contribution in [0.15, 0.2) is 54.6 Å². The van der Waals surface area contributed by atoms with E-state index in [9.17, 15) is 13.2 Å². The summed E-state index contributed by atoms with van der Waals surface area (Å²) >= 11 is 0. The number of carbonyl (C=O) groups excluding carboxylic acids is 1. The van der Waals surface area contributed by atoms with Gasteiger partial charge >= 0.3 is 0 Å². The minimum Gasteiger partial charge on any atom is -0.497 e. The van der Waals surface area contributed by atoms with Gasteiger partial charge in [0.15, 0.2) is 0 Å². The van der Waals surface area contributed by atoms with Crippen molar-refractivity contribution >= 4 is 21.6 Å². The number of benzene rings is 2. The molecule has 6 nitrogen and oxygen atoms in total. The molecule has 2 aromatic carbocycles. The molecule has 0 aliphatic heterocycles. The van der Waals surface area contributed by atoms with E-state index in [0.717, 1.165) is 11.3 Å². The molecule has 24 heavy (non-hydrogen) atoms. The van der Waals surface area contributed by atoms with Gasteiger partial charge in [0.05, 0.1) is 19.3 Å². The average Bonchev–Trinajstić information content (AvgIpc) is 2.56. The smallest absolute Gasteiger partial charge is 0.234 e. The molecule has 128 valence electrons. The number of rotatable bonds is 8. The van der Waals surface area contributed by atoms with E-state index in [2.05, 4.69) is 10.0 Å². The van der Waals surface area contributed by atoms with E-state index >= 15 is 0 Å². The summed E-state index contributed by atoms with van der Waals surface area (Å²) in [4.78, 5) is 11.9. The molecule has 0 aliphatic rings. The quantitative estimate of drug-likeness (QED) is 0.762. The Labute approximate surface area is 141 Å². The molecule has 0 aliphatic carbocycles. The molecule has 0 heterocycles. The van der Waals surface area contributed by atoms with Gasteiger partial charge in [0.25, 0.3) is 0 Å². The summed E-state index contributed by atoms with van der Waals surface area (Å²) in [5.41, 5.74) is 1.33. The lowest BCUT2D eigenvalue weighted by atomic mass is 10.1. The zero-order chi connectivity index (χ0) is 17.4. The number of hydrogen-bond acceptors (Lipinski definition) is 4. The van der Waals surface area contributed by atoms with E-state index in [1.54, 1.807) is 61.7 Å². The molecule has 0 saturated carbocycles. The molecule has 2 rings (SSSR count). The number of methoxy groups -OCH3 is 1. The van der Waals surface area contributed by atoms with Crippen molar-refractivity contribution in [2.75, 3.05) is 24.1 Å². The number of para-hydroxylation sites is 1. The van der Waals surface area contributed by atoms with E-state index in [1.165, 1.54) is 0 Å². The highest BCUT2D eigenvalue weighted by molar-refractivity contribution is 7.92. The highest BCUT2D eigenvalue weighted by Gasteiger charge is 2.11. The fourth-order valence-corrected chi connectivity index (χ4v) is 3.02. The molecule has 0 aromatic heterocycles. The Morgan fingerprint density at radius 1 is 1.04 bits per heavy atom. The average molecular weight is 348 g/mol. The maximum Gasteiger partial charge on any atom is 0.234 e. The van der Waals surface area contributed by atoms with Gasteiger partial charge in [-0.2, -0.15) is 0 Å². The standard InChI is InChI=1S/C17H20N2O4S/c1-23-16-9-7-14(8-10-16)13-17(20)18-11-12-24(21,22)19-15-5-3-2-4-6-15/h2-10,19H,11-13H2,1H3,(H,18,20). The van der Waals surface area contributed by atoms with Crippen LogP contribution in [0.2, 0.25) is 0 Å². The Hall–Kier alpha value is -2.54. The van der Waals surface area contributed by atoms with Crippen molar-refractivity contribution < 1.29 is 17.9 Å². The first kappa shape index (κ1) is 17.8. The Bertz CT molecular complexity index is 759. The van der Waals surface area contributed by atoms with Crippen molar-refractivity contribution in [1.82, 2.24) is 5.32 Å². The summed E-state index contributed by atoms with van der Waals surface area (Å²) in [6.07, 6.45) is 0.191. The van der Waals surface area contributed by atoms with Crippen LogP contribution in [0, 0.1) is 0 Å². The van der Waals surface area contributed by atoms with E-state index in [0.29, 0.717) is 5.69 Å². The van der Waals surface area contributed by atoms with Crippen molar-refractivity contribution in [3.8, 4) is 5.75 Å². The topological polar surface area (TPSA) is 84.5 Å². The van der Waals surface area contributed by atoms with E-state index < -0.39 is 10.0 Å². The third-order valence-corrected chi connectivity index (χ3v) is 4.55. The zero-order valence-electron chi connectivity index (χ0n) is 13.4. The molecule has 0 unspecified atom stereocenters. The van der Waals surface area contributed by atoms with Crippen LogP contribution in [-0.4, -0.2) is 33.7 Å². The third-order valence-electron chi connectivity index (χ3n) is 3.26. The molecule has 2 aromatic rings. The van der Waals surface area contributed by atoms with Crippen LogP contribution in [0.1, 0.15) is 5.56 Å². The second kappa shape index (κ2) is 8.35. The van der Waals surface area contributed by atoms with Crippen molar-refractivity contribution in [3.63, 3.8) is 0 Å². The highest BCUT2D eigenvalue weighted by Crippen LogP contribution is 2.11. The Morgan fingerprint density at radius 3 is 2.33 bits per heavy atom. The van der Waals surface area contributed by atoms with Crippen LogP contribution in [0.4, 0.5) is 5.69 Å². The fraction of sp³-hybridized carbons (Fsp3) is 0.235. The molecule has 1 amide bonds. The maximum atomic E-state index is 11.9. The molecular formula is C17H20N2O4S. The lowest BCUT2D eigenvalue weighted by molar-refractivity contribution is -0.120. The Kier molecular flexibility index (Phi) is 6.20. The summed E-state index contributed by atoms with van der Waals surface area (Å²) in [5.74, 6) is 0.309. The molecule has 7 heteroatoms. The molecule has 0 saturated heterocycles. The second-order valence-electron chi connectivity index (χ2n) is 5.16. The molecule has 2 N–H and O–H groups in total. The van der Waals surface area contributed by atoms with Gasteiger partial charge in [0.2, 0.25) is 15.9 Å². The molecule has 0 bridgehead atoms. The number of anilines is 1. The zero-order valence-corrected chi connectivity index (χ0v) is 14.2. The molecular weight excluding hydrogens is 328 g/mol. The largest absolute Gasteiger partial charge is 0.497 e. The number of sulfonamides is 1. The van der Waals surface area contributed by atoms with Crippen LogP contribution in [0.25, 0.3) is 0 Å². The molecule has 0 spiro atoms. The van der Waals surface area contributed by atoms with Crippen LogP contribution in [0.3, 0.4) is 0 Å². The number of ether oxygens (including phenoxy) is 1. The fourth-order valence-electron chi connectivity index (χ4n) is 2.05. The Morgan fingerprint density at radius 2 is 1.71 bits per heavy atom. The Balaban J connectivity index is 1.77. The van der Waals surface area contributed by atoms with Crippen LogP contribution >= 0.6 is 0 Å². The summed E-state index contributed by atoms with van der Waals surface area (Å²) in [5, 5.41) is 2.61. The van der Waals surface area contributed by atoms with Crippen LogP contribution in [-0.2, 0) is 21.2 Å². The van der Waals surface area contributed by atoms with Gasteiger partial charge in [0.1, 0.15) is 5.75 Å². The van der Waals surface area contributed by atoms with Gasteiger partial charge in [-0.15, -0.1) is 0 Å². The number of hydrogen-bond donors (Lipinski definition) is 2. The van der Waals surface area contributed by atoms with E-state index in [-0.39, 0.29) is 24.6 Å². The van der Waals surface area contributed by atoms with E-state index in [4.69, 9.17) is 4.74 Å². The summed E-state index contributed by atoms with van der Waals surface area (Å²) in [7, 11) is -1.92. The van der Waals surface area contributed by atoms with Crippen molar-refractivity contribution in [2.45, 2.75) is 6.42 Å². The van der Waals surface area contributed by atoms with Gasteiger partial charge in [-0.05, 0) is 29.8 Å². The predicted molar refractivity (Wildman–Crippen MR) is 93.6 cm³/mol. The number of nitrogens with one attached hydrogen (secondary N) is 2. The van der Waals surface area contributed by atoms with Crippen LogP contribution < -0.4 is 14.8 Å². The summed E-state index contributed by atoms with van der Waals surface area (Å²) < 4.78 is 31.4. The van der Waals surface area contributed by atoms with Crippen molar-refractivity contribution in [3.05, 3.63) is 60.2 Å². The number of carbonyl (C=O) groups is 1. The van der Waals surface area contributed by atoms with Crippen molar-refractivity contribution in [1.29, 1.82) is 0 Å². The van der Waals surface area contributed by atoms with Gasteiger partial charge in [0, 0.05) is 12.2 Å². The number of amides is 1. The first-order chi connectivity index (χ1) is 11.5. The lowest BCUT2D eigenvalue weighted by Gasteiger charge is -2.09. The summed E-state index contributed by atoms with van der Waals surface area (Å²) in [6.45, 7) is 0.0527. The molecule has 0 atom stereocenters. The first-order valence-electron chi connectivity index (χ1n) is 7.44. The van der Waals surface area contributed by atoms with Gasteiger partial charge < -0.3 is 10.1 Å². The minimum atomic E-state index is -3.49. The van der Waals surface area contributed by atoms with Gasteiger partial charge in [-0.1, -0.05) is 30.3 Å². The van der Waals surface area contributed by atoms with Gasteiger partial charge in [-0.25, -0.2) is 8.42 Å². The molecule has 0 radical (unpaired) electrons. The van der Waals surface area contributed by atoms with E-state index in [1.807, 2.05) is 0 Å². The van der Waals surface area contributed by atoms with Crippen LogP contribution in [0.5, 0.6) is 5.75 Å². The minimum absolute atomic E-state index is 0.0527. The maximum absolute atomic E-state index is 11.9. The third kappa shape index (κ3) is 5.92. The highest BCUT2D eigenvalue weighted by atomic mass is 32.2. The SMILES string of the molecule is COc1ccc(CC(=O)NCCS(=O)(=O)Nc2ccccc2)cc1. The molecule has 0 fully saturated rings. The monoisotopic (exact) mass is 348 g/mol. The second-order valence-corrected chi connectivity index (χ2v) is 7.00. The first-order valence-corrected chi connectivity index (χ1v) is 9.09. The van der Waals surface area contributed by atoms with Gasteiger partial charge in [-0.3, -0.25) is 9.52 Å². The lowest BCUT2D eigenvalue weighted by Crippen LogP contribution is -2.32.